The van der Waals surface area contributed by atoms with Gasteiger partial charge in [0.05, 0.1) is 18.5 Å². The highest BCUT2D eigenvalue weighted by molar-refractivity contribution is 5.85. The third-order valence-electron chi connectivity index (χ3n) is 8.07. The van der Waals surface area contributed by atoms with Crippen LogP contribution >= 0.6 is 0 Å². The molecule has 1 saturated heterocycles. The summed E-state index contributed by atoms with van der Waals surface area (Å²) in [6.07, 6.45) is 14.6. The lowest BCUT2D eigenvalue weighted by Crippen LogP contribution is -2.51. The lowest BCUT2D eigenvalue weighted by atomic mass is 9.80. The van der Waals surface area contributed by atoms with Gasteiger partial charge in [-0.2, -0.15) is 10.2 Å². The van der Waals surface area contributed by atoms with Gasteiger partial charge in [-0.05, 0) is 24.5 Å². The zero-order valence-corrected chi connectivity index (χ0v) is 22.3. The topological polar surface area (TPSA) is 111 Å². The lowest BCUT2D eigenvalue weighted by molar-refractivity contribution is -0.143. The molecule has 10 nitrogen and oxygen atoms in total. The number of rotatable bonds is 6. The second-order valence-electron chi connectivity index (χ2n) is 10.6. The SMILES string of the molecule is COC1CN(C(=O)C2(n3cc(-c4cnc(-c5cccc(-c6cnn(C)c6)c5)nc4)cn3)CCCCC2)CC1O. The van der Waals surface area contributed by atoms with Gasteiger partial charge in [-0.3, -0.25) is 14.2 Å². The molecule has 2 unspecified atom stereocenters. The van der Waals surface area contributed by atoms with Crippen LogP contribution in [-0.2, 0) is 22.1 Å². The third-order valence-corrected chi connectivity index (χ3v) is 8.07. The molecule has 4 aromatic rings. The highest BCUT2D eigenvalue weighted by Crippen LogP contribution is 2.38. The van der Waals surface area contributed by atoms with Gasteiger partial charge < -0.3 is 14.7 Å². The van der Waals surface area contributed by atoms with E-state index < -0.39 is 11.6 Å². The van der Waals surface area contributed by atoms with Gasteiger partial charge in [0.2, 0.25) is 0 Å². The maximum absolute atomic E-state index is 13.9. The van der Waals surface area contributed by atoms with E-state index in [9.17, 15) is 9.90 Å². The summed E-state index contributed by atoms with van der Waals surface area (Å²) < 4.78 is 9.00. The number of hydrogen-bond acceptors (Lipinski definition) is 7. The van der Waals surface area contributed by atoms with Crippen molar-refractivity contribution in [3.05, 3.63) is 61.4 Å². The van der Waals surface area contributed by atoms with Gasteiger partial charge in [0.25, 0.3) is 5.91 Å². The van der Waals surface area contributed by atoms with Crippen LogP contribution in [0.2, 0.25) is 0 Å². The number of likely N-dealkylation sites (tertiary alicyclic amines) is 1. The van der Waals surface area contributed by atoms with Gasteiger partial charge in [-0.15, -0.1) is 0 Å². The molecule has 4 heterocycles. The van der Waals surface area contributed by atoms with Crippen molar-refractivity contribution in [3.8, 4) is 33.6 Å². The Bertz CT molecular complexity index is 1460. The first kappa shape index (κ1) is 25.4. The molecular formula is C29H33N7O3. The molecule has 10 heteroatoms. The number of methoxy groups -OCH3 is 1. The molecule has 1 N–H and O–H groups in total. The zero-order valence-electron chi connectivity index (χ0n) is 22.3. The molecule has 2 atom stereocenters. The van der Waals surface area contributed by atoms with E-state index in [4.69, 9.17) is 4.74 Å². The Morgan fingerprint density at radius 2 is 1.64 bits per heavy atom. The fraction of sp³-hybridized carbons (Fsp3) is 0.414. The van der Waals surface area contributed by atoms with E-state index in [-0.39, 0.29) is 18.6 Å². The number of aliphatic hydroxyl groups excluding tert-OH is 1. The van der Waals surface area contributed by atoms with E-state index in [2.05, 4.69) is 26.2 Å². The van der Waals surface area contributed by atoms with Crippen molar-refractivity contribution in [2.24, 2.45) is 7.05 Å². The highest BCUT2D eigenvalue weighted by atomic mass is 16.5. The number of carbonyl (C=O) groups is 1. The minimum atomic E-state index is -0.758. The summed E-state index contributed by atoms with van der Waals surface area (Å²) in [6, 6.07) is 8.10. The number of aromatic nitrogens is 6. The number of hydrogen-bond donors (Lipinski definition) is 1. The first-order chi connectivity index (χ1) is 19.0. The van der Waals surface area contributed by atoms with Gasteiger partial charge in [0.15, 0.2) is 5.82 Å². The largest absolute Gasteiger partial charge is 0.388 e. The van der Waals surface area contributed by atoms with Crippen LogP contribution < -0.4 is 0 Å². The molecule has 1 aliphatic carbocycles. The minimum Gasteiger partial charge on any atom is -0.388 e. The van der Waals surface area contributed by atoms with Crippen LogP contribution in [-0.4, -0.2) is 77.8 Å². The molecule has 1 aliphatic heterocycles. The van der Waals surface area contributed by atoms with E-state index >= 15 is 0 Å². The summed E-state index contributed by atoms with van der Waals surface area (Å²) >= 11 is 0. The molecule has 3 aromatic heterocycles. The number of aryl methyl sites for hydroxylation is 1. The Labute approximate surface area is 227 Å². The predicted octanol–water partition coefficient (Wildman–Crippen LogP) is 3.29. The normalized spacial score (nSPS) is 20.8. The van der Waals surface area contributed by atoms with Gasteiger partial charge in [0, 0.05) is 74.3 Å². The van der Waals surface area contributed by atoms with Crippen LogP contribution in [0.15, 0.2) is 61.4 Å². The summed E-state index contributed by atoms with van der Waals surface area (Å²) in [5.41, 5.74) is 3.96. The first-order valence-electron chi connectivity index (χ1n) is 13.4. The lowest BCUT2D eigenvalue weighted by Gasteiger charge is -2.38. The molecular weight excluding hydrogens is 494 g/mol. The Morgan fingerprint density at radius 1 is 0.923 bits per heavy atom. The van der Waals surface area contributed by atoms with Crippen molar-refractivity contribution < 1.29 is 14.6 Å². The van der Waals surface area contributed by atoms with Crippen LogP contribution in [0.1, 0.15) is 32.1 Å². The van der Waals surface area contributed by atoms with Crippen molar-refractivity contribution in [2.75, 3.05) is 20.2 Å². The van der Waals surface area contributed by atoms with Gasteiger partial charge in [-0.1, -0.05) is 37.5 Å². The third kappa shape index (κ3) is 4.74. The molecule has 1 aromatic carbocycles. The van der Waals surface area contributed by atoms with Crippen LogP contribution in [0.4, 0.5) is 0 Å². The fourth-order valence-corrected chi connectivity index (χ4v) is 5.87. The van der Waals surface area contributed by atoms with E-state index in [0.29, 0.717) is 12.4 Å². The van der Waals surface area contributed by atoms with E-state index in [1.165, 1.54) is 0 Å². The average Bonchev–Trinajstić information content (AvgIpc) is 3.73. The second kappa shape index (κ2) is 10.3. The summed E-state index contributed by atoms with van der Waals surface area (Å²) in [5.74, 6) is 0.645. The molecule has 1 amide bonds. The molecule has 39 heavy (non-hydrogen) atoms. The standard InChI is InChI=1S/C29H33N7O3/c1-34-16-23(14-32-34)20-7-6-8-21(11-20)27-30-12-22(13-31-27)24-15-33-36(17-24)29(9-4-3-5-10-29)28(38)35-18-25(37)26(19-35)39-2/h6-8,11-17,25-26,37H,3-5,9-10,18-19H2,1-2H3. The predicted molar refractivity (Wildman–Crippen MR) is 145 cm³/mol. The molecule has 1 saturated carbocycles. The van der Waals surface area contributed by atoms with Crippen molar-refractivity contribution in [3.63, 3.8) is 0 Å². The number of β-amino-alcohol motifs (C(OH)–C–C–N with tert-alkyl or cyclic N) is 1. The van der Waals surface area contributed by atoms with Gasteiger partial charge >= 0.3 is 0 Å². The van der Waals surface area contributed by atoms with Crippen LogP contribution in [0.5, 0.6) is 0 Å². The molecule has 202 valence electrons. The zero-order chi connectivity index (χ0) is 27.0. The average molecular weight is 528 g/mol. The van der Waals surface area contributed by atoms with Crippen molar-refractivity contribution in [1.29, 1.82) is 0 Å². The molecule has 0 spiro atoms. The minimum absolute atomic E-state index is 0.00976. The number of ether oxygens (including phenoxy) is 1. The smallest absolute Gasteiger partial charge is 0.250 e. The van der Waals surface area contributed by atoms with Crippen molar-refractivity contribution in [2.45, 2.75) is 49.9 Å². The van der Waals surface area contributed by atoms with Gasteiger partial charge in [-0.25, -0.2) is 9.97 Å². The van der Waals surface area contributed by atoms with Crippen LogP contribution in [0, 0.1) is 0 Å². The van der Waals surface area contributed by atoms with E-state index in [0.717, 1.165) is 59.9 Å². The monoisotopic (exact) mass is 527 g/mol. The molecule has 6 rings (SSSR count). The maximum atomic E-state index is 13.9. The van der Waals surface area contributed by atoms with Crippen LogP contribution in [0.3, 0.4) is 0 Å². The number of benzene rings is 1. The van der Waals surface area contributed by atoms with Crippen molar-refractivity contribution in [1.82, 2.24) is 34.4 Å². The van der Waals surface area contributed by atoms with Gasteiger partial charge in [0.1, 0.15) is 11.6 Å². The highest BCUT2D eigenvalue weighted by Gasteiger charge is 2.47. The Balaban J connectivity index is 1.25. The van der Waals surface area contributed by atoms with Crippen LogP contribution in [0.25, 0.3) is 33.6 Å². The number of amides is 1. The maximum Gasteiger partial charge on any atom is 0.250 e. The summed E-state index contributed by atoms with van der Waals surface area (Å²) in [5, 5.41) is 19.3. The van der Waals surface area contributed by atoms with E-state index in [1.54, 1.807) is 35.3 Å². The molecule has 0 bridgehead atoms. The molecule has 2 fully saturated rings. The number of nitrogens with zero attached hydrogens (tertiary/aromatic N) is 7. The van der Waals surface area contributed by atoms with Crippen molar-refractivity contribution >= 4 is 5.91 Å². The Morgan fingerprint density at radius 3 is 2.33 bits per heavy atom. The van der Waals surface area contributed by atoms with E-state index in [1.807, 2.05) is 48.5 Å². The number of aliphatic hydroxyl groups is 1. The summed E-state index contributed by atoms with van der Waals surface area (Å²) in [4.78, 5) is 24.9. The first-order valence-corrected chi connectivity index (χ1v) is 13.4. The second-order valence-corrected chi connectivity index (χ2v) is 10.6. The Hall–Kier alpha value is -3.89. The summed E-state index contributed by atoms with van der Waals surface area (Å²) in [6.45, 7) is 0.675. The number of carbonyl (C=O) groups excluding carboxylic acids is 1. The molecule has 0 radical (unpaired) electrons. The fourth-order valence-electron chi connectivity index (χ4n) is 5.87. The Kier molecular flexibility index (Phi) is 6.74. The molecule has 2 aliphatic rings. The summed E-state index contributed by atoms with van der Waals surface area (Å²) in [7, 11) is 3.47. The quantitative estimate of drug-likeness (QED) is 0.410.